The van der Waals surface area contributed by atoms with Crippen LogP contribution in [0.2, 0.25) is 0 Å². The summed E-state index contributed by atoms with van der Waals surface area (Å²) in [5, 5.41) is 0. The number of amides is 2. The van der Waals surface area contributed by atoms with Crippen LogP contribution in [-0.4, -0.2) is 90.6 Å². The van der Waals surface area contributed by atoms with Gasteiger partial charge >= 0.3 is 0 Å². The van der Waals surface area contributed by atoms with Gasteiger partial charge < -0.3 is 19.3 Å². The first-order chi connectivity index (χ1) is 16.0. The highest BCUT2D eigenvalue weighted by Gasteiger charge is 2.37. The third kappa shape index (κ3) is 6.48. The van der Waals surface area contributed by atoms with Crippen molar-refractivity contribution in [1.29, 1.82) is 0 Å². The minimum Gasteiger partial charge on any atom is -0.493 e. The van der Waals surface area contributed by atoms with E-state index in [1.54, 1.807) is 0 Å². The Bertz CT molecular complexity index is 779. The Morgan fingerprint density at radius 1 is 1.00 bits per heavy atom. The van der Waals surface area contributed by atoms with Gasteiger partial charge in [0, 0.05) is 45.3 Å². The van der Waals surface area contributed by atoms with Gasteiger partial charge in [0.15, 0.2) is 0 Å². The highest BCUT2D eigenvalue weighted by Crippen LogP contribution is 2.26. The van der Waals surface area contributed by atoms with Gasteiger partial charge in [0.1, 0.15) is 5.75 Å². The first-order valence-electron chi connectivity index (χ1n) is 12.6. The van der Waals surface area contributed by atoms with Crippen LogP contribution < -0.4 is 4.74 Å². The molecule has 3 aliphatic heterocycles. The maximum Gasteiger partial charge on any atom is 0.227 e. The molecule has 4 rings (SSSR count). The van der Waals surface area contributed by atoms with Gasteiger partial charge in [-0.15, -0.1) is 0 Å². The van der Waals surface area contributed by atoms with Gasteiger partial charge in [-0.1, -0.05) is 18.2 Å². The summed E-state index contributed by atoms with van der Waals surface area (Å²) in [6, 6.07) is 9.85. The Morgan fingerprint density at radius 3 is 2.48 bits per heavy atom. The molecular formula is C26H39N3O4. The van der Waals surface area contributed by atoms with E-state index >= 15 is 0 Å². The van der Waals surface area contributed by atoms with E-state index < -0.39 is 0 Å². The zero-order valence-corrected chi connectivity index (χ0v) is 20.2. The fraction of sp³-hybridized carbons (Fsp3) is 0.692. The van der Waals surface area contributed by atoms with E-state index in [0.717, 1.165) is 64.2 Å². The van der Waals surface area contributed by atoms with Crippen LogP contribution in [0.3, 0.4) is 0 Å². The normalized spacial score (nSPS) is 28.7. The molecule has 7 heteroatoms. The molecule has 182 valence electrons. The molecule has 33 heavy (non-hydrogen) atoms. The van der Waals surface area contributed by atoms with Crippen LogP contribution in [0.4, 0.5) is 0 Å². The molecule has 0 bridgehead atoms. The lowest BCUT2D eigenvalue weighted by Crippen LogP contribution is -2.53. The second-order valence-corrected chi connectivity index (χ2v) is 9.89. The van der Waals surface area contributed by atoms with Gasteiger partial charge in [-0.05, 0) is 51.7 Å². The van der Waals surface area contributed by atoms with Crippen molar-refractivity contribution >= 4 is 11.8 Å². The molecule has 0 aliphatic carbocycles. The molecule has 3 aliphatic rings. The van der Waals surface area contributed by atoms with Gasteiger partial charge in [-0.2, -0.15) is 0 Å². The molecule has 3 fully saturated rings. The van der Waals surface area contributed by atoms with E-state index in [1.165, 1.54) is 0 Å². The van der Waals surface area contributed by atoms with Gasteiger partial charge in [-0.25, -0.2) is 0 Å². The SMILES string of the molecule is CC1CN(CC2CCCN2C(=O)C2CCCN(C(=O)CCOc3ccccc3)C2)CC(C)O1. The van der Waals surface area contributed by atoms with E-state index in [4.69, 9.17) is 9.47 Å². The van der Waals surface area contributed by atoms with E-state index in [-0.39, 0.29) is 36.0 Å². The van der Waals surface area contributed by atoms with Crippen molar-refractivity contribution < 1.29 is 19.1 Å². The molecule has 0 aromatic heterocycles. The Labute approximate surface area is 198 Å². The number of rotatable bonds is 7. The molecule has 3 saturated heterocycles. The molecule has 2 amide bonds. The number of para-hydroxylation sites is 1. The molecular weight excluding hydrogens is 418 g/mol. The molecule has 4 atom stereocenters. The number of ether oxygens (including phenoxy) is 2. The number of nitrogens with zero attached hydrogens (tertiary/aromatic N) is 3. The lowest BCUT2D eigenvalue weighted by atomic mass is 9.95. The predicted octanol–water partition coefficient (Wildman–Crippen LogP) is 2.79. The molecule has 1 aromatic carbocycles. The Kier molecular flexibility index (Phi) is 8.25. The third-order valence-corrected chi connectivity index (χ3v) is 7.08. The first-order valence-corrected chi connectivity index (χ1v) is 12.6. The second kappa shape index (κ2) is 11.3. The monoisotopic (exact) mass is 457 g/mol. The number of carbonyl (C=O) groups is 2. The minimum atomic E-state index is -0.0825. The topological polar surface area (TPSA) is 62.3 Å². The average Bonchev–Trinajstić information content (AvgIpc) is 3.26. The van der Waals surface area contributed by atoms with E-state index in [2.05, 4.69) is 23.6 Å². The molecule has 4 unspecified atom stereocenters. The van der Waals surface area contributed by atoms with Crippen molar-refractivity contribution in [3.63, 3.8) is 0 Å². The van der Waals surface area contributed by atoms with Gasteiger partial charge in [0.2, 0.25) is 11.8 Å². The summed E-state index contributed by atoms with van der Waals surface area (Å²) >= 11 is 0. The maximum atomic E-state index is 13.5. The van der Waals surface area contributed by atoms with E-state index in [9.17, 15) is 9.59 Å². The standard InChI is InChI=1S/C26H39N3O4/c1-20-16-27(17-21(2)33-20)19-23-9-7-14-29(23)26(31)22-8-6-13-28(18-22)25(30)12-15-32-24-10-4-3-5-11-24/h3-5,10-11,20-23H,6-9,12-19H2,1-2H3. The molecule has 3 heterocycles. The molecule has 0 N–H and O–H groups in total. The van der Waals surface area contributed by atoms with Crippen molar-refractivity contribution in [2.45, 2.75) is 64.2 Å². The quantitative estimate of drug-likeness (QED) is 0.630. The minimum absolute atomic E-state index is 0.0812. The molecule has 0 saturated carbocycles. The Hall–Kier alpha value is -2.12. The van der Waals surface area contributed by atoms with Crippen LogP contribution in [0, 0.1) is 5.92 Å². The number of piperidine rings is 1. The smallest absolute Gasteiger partial charge is 0.227 e. The van der Waals surface area contributed by atoms with Gasteiger partial charge in [-0.3, -0.25) is 14.5 Å². The summed E-state index contributed by atoms with van der Waals surface area (Å²) in [6.45, 7) is 9.52. The summed E-state index contributed by atoms with van der Waals surface area (Å²) in [7, 11) is 0. The summed E-state index contributed by atoms with van der Waals surface area (Å²) in [5.74, 6) is 1.02. The highest BCUT2D eigenvalue weighted by molar-refractivity contribution is 5.82. The zero-order chi connectivity index (χ0) is 23.2. The van der Waals surface area contributed by atoms with Crippen molar-refractivity contribution in [3.8, 4) is 5.75 Å². The fourth-order valence-corrected chi connectivity index (χ4v) is 5.62. The summed E-state index contributed by atoms with van der Waals surface area (Å²) in [4.78, 5) is 32.7. The van der Waals surface area contributed by atoms with Crippen LogP contribution in [0.1, 0.15) is 46.0 Å². The fourth-order valence-electron chi connectivity index (χ4n) is 5.62. The average molecular weight is 458 g/mol. The largest absolute Gasteiger partial charge is 0.493 e. The van der Waals surface area contributed by atoms with Crippen LogP contribution in [0.5, 0.6) is 5.75 Å². The van der Waals surface area contributed by atoms with Crippen LogP contribution in [-0.2, 0) is 14.3 Å². The van der Waals surface area contributed by atoms with Crippen molar-refractivity contribution in [3.05, 3.63) is 30.3 Å². The Balaban J connectivity index is 1.27. The van der Waals surface area contributed by atoms with Gasteiger partial charge in [0.25, 0.3) is 0 Å². The van der Waals surface area contributed by atoms with Crippen LogP contribution in [0.25, 0.3) is 0 Å². The predicted molar refractivity (Wildman–Crippen MR) is 127 cm³/mol. The summed E-state index contributed by atoms with van der Waals surface area (Å²) in [6.07, 6.45) is 4.72. The second-order valence-electron chi connectivity index (χ2n) is 9.89. The lowest BCUT2D eigenvalue weighted by molar-refractivity contribution is -0.142. The number of carbonyl (C=O) groups excluding carboxylic acids is 2. The van der Waals surface area contributed by atoms with E-state index in [1.807, 2.05) is 35.2 Å². The number of hydrogen-bond donors (Lipinski definition) is 0. The maximum absolute atomic E-state index is 13.5. The molecule has 0 spiro atoms. The number of benzene rings is 1. The van der Waals surface area contributed by atoms with Crippen molar-refractivity contribution in [2.24, 2.45) is 5.92 Å². The Morgan fingerprint density at radius 2 is 1.73 bits per heavy atom. The highest BCUT2D eigenvalue weighted by atomic mass is 16.5. The number of likely N-dealkylation sites (tertiary alicyclic amines) is 2. The number of hydrogen-bond acceptors (Lipinski definition) is 5. The third-order valence-electron chi connectivity index (χ3n) is 7.08. The van der Waals surface area contributed by atoms with Crippen LogP contribution in [0.15, 0.2) is 30.3 Å². The molecule has 0 radical (unpaired) electrons. The van der Waals surface area contributed by atoms with Gasteiger partial charge in [0.05, 0.1) is 31.2 Å². The van der Waals surface area contributed by atoms with Crippen molar-refractivity contribution in [2.75, 3.05) is 45.9 Å². The van der Waals surface area contributed by atoms with Crippen LogP contribution >= 0.6 is 0 Å². The first kappa shape index (κ1) is 24.0. The van der Waals surface area contributed by atoms with E-state index in [0.29, 0.717) is 19.6 Å². The zero-order valence-electron chi connectivity index (χ0n) is 20.2. The molecule has 7 nitrogen and oxygen atoms in total. The molecule has 1 aromatic rings. The summed E-state index contributed by atoms with van der Waals surface area (Å²) < 4.78 is 11.6. The lowest BCUT2D eigenvalue weighted by Gasteiger charge is -2.39. The number of morpholine rings is 1. The summed E-state index contributed by atoms with van der Waals surface area (Å²) in [5.41, 5.74) is 0. The van der Waals surface area contributed by atoms with Crippen molar-refractivity contribution in [1.82, 2.24) is 14.7 Å².